The molecule has 0 heterocycles. The molecule has 7 nitrogen and oxygen atoms in total. The molecule has 0 unspecified atom stereocenters. The van der Waals surface area contributed by atoms with Crippen LogP contribution in [0.25, 0.3) is 0 Å². The molecule has 0 aliphatic heterocycles. The van der Waals surface area contributed by atoms with Crippen LogP contribution in [0.1, 0.15) is 48.9 Å². The van der Waals surface area contributed by atoms with Crippen molar-refractivity contribution in [1.82, 2.24) is 10.2 Å². The molecule has 0 saturated carbocycles. The predicted molar refractivity (Wildman–Crippen MR) is 176 cm³/mol. The Hall–Kier alpha value is -4.43. The van der Waals surface area contributed by atoms with Gasteiger partial charge in [-0.25, -0.2) is 8.42 Å². The molecule has 0 aromatic heterocycles. The van der Waals surface area contributed by atoms with E-state index in [-0.39, 0.29) is 29.7 Å². The minimum atomic E-state index is -4.13. The van der Waals surface area contributed by atoms with Gasteiger partial charge in [-0.15, -0.1) is 0 Å². The van der Waals surface area contributed by atoms with Crippen LogP contribution in [-0.4, -0.2) is 44.3 Å². The van der Waals surface area contributed by atoms with E-state index < -0.39 is 28.5 Å². The second-order valence-corrected chi connectivity index (χ2v) is 13.0. The molecule has 0 spiro atoms. The van der Waals surface area contributed by atoms with Gasteiger partial charge >= 0.3 is 0 Å². The van der Waals surface area contributed by atoms with Crippen LogP contribution in [-0.2, 0) is 32.6 Å². The number of benzene rings is 4. The van der Waals surface area contributed by atoms with E-state index in [2.05, 4.69) is 19.2 Å². The highest BCUT2D eigenvalue weighted by Gasteiger charge is 2.34. The molecule has 2 amide bonds. The first-order valence-electron chi connectivity index (χ1n) is 14.9. The number of aryl methyl sites for hydroxylation is 1. The highest BCUT2D eigenvalue weighted by Crippen LogP contribution is 2.27. The molecule has 4 aromatic rings. The summed E-state index contributed by atoms with van der Waals surface area (Å²) in [6.45, 7) is 7.99. The Bertz CT molecular complexity index is 1640. The number of sulfonamides is 1. The summed E-state index contributed by atoms with van der Waals surface area (Å²) >= 11 is 0. The molecular formula is C36H41N3O4S. The van der Waals surface area contributed by atoms with Crippen molar-refractivity contribution in [1.29, 1.82) is 0 Å². The Kier molecular flexibility index (Phi) is 11.0. The summed E-state index contributed by atoms with van der Waals surface area (Å²) in [5, 5.41) is 2.89. The number of amides is 2. The molecule has 0 saturated heterocycles. The summed E-state index contributed by atoms with van der Waals surface area (Å²) in [5.74, 6) is -0.521. The quantitative estimate of drug-likeness (QED) is 0.198. The molecule has 230 valence electrons. The number of carbonyl (C=O) groups excluding carboxylic acids is 2. The monoisotopic (exact) mass is 611 g/mol. The number of likely N-dealkylation sites (N-methyl/N-ethyl adjacent to an activating group) is 1. The normalized spacial score (nSPS) is 12.0. The van der Waals surface area contributed by atoms with E-state index >= 15 is 0 Å². The van der Waals surface area contributed by atoms with Gasteiger partial charge < -0.3 is 10.2 Å². The number of hydrogen-bond acceptors (Lipinski definition) is 4. The van der Waals surface area contributed by atoms with Crippen molar-refractivity contribution < 1.29 is 18.0 Å². The maximum atomic E-state index is 14.4. The fourth-order valence-corrected chi connectivity index (χ4v) is 6.56. The Labute approximate surface area is 261 Å². The van der Waals surface area contributed by atoms with Crippen LogP contribution in [0.3, 0.4) is 0 Å². The SMILES string of the molecule is CCNC(=O)[C@@H](Cc1ccccc1)N(Cc1cccc(C)c1)C(=O)CN(c1ccc(C(C)C)cc1)S(=O)(=O)c1ccccc1. The van der Waals surface area contributed by atoms with Crippen LogP contribution in [0.4, 0.5) is 5.69 Å². The number of nitrogens with one attached hydrogen (secondary N) is 1. The zero-order chi connectivity index (χ0) is 31.7. The van der Waals surface area contributed by atoms with E-state index in [0.717, 1.165) is 26.6 Å². The average Bonchev–Trinajstić information content (AvgIpc) is 3.02. The average molecular weight is 612 g/mol. The second kappa shape index (κ2) is 14.8. The van der Waals surface area contributed by atoms with Crippen molar-refractivity contribution in [2.75, 3.05) is 17.4 Å². The highest BCUT2D eigenvalue weighted by atomic mass is 32.2. The summed E-state index contributed by atoms with van der Waals surface area (Å²) in [6.07, 6.45) is 0.277. The molecular weight excluding hydrogens is 570 g/mol. The predicted octanol–water partition coefficient (Wildman–Crippen LogP) is 6.09. The number of anilines is 1. The van der Waals surface area contributed by atoms with Gasteiger partial charge in [0.2, 0.25) is 11.8 Å². The van der Waals surface area contributed by atoms with Crippen molar-refractivity contribution in [2.24, 2.45) is 0 Å². The maximum absolute atomic E-state index is 14.4. The van der Waals surface area contributed by atoms with E-state index in [1.54, 1.807) is 30.3 Å². The number of nitrogens with zero attached hydrogens (tertiary/aromatic N) is 2. The van der Waals surface area contributed by atoms with E-state index in [4.69, 9.17) is 0 Å². The second-order valence-electron chi connectivity index (χ2n) is 11.2. The molecule has 0 bridgehead atoms. The minimum absolute atomic E-state index is 0.0792. The summed E-state index contributed by atoms with van der Waals surface area (Å²) < 4.78 is 29.3. The maximum Gasteiger partial charge on any atom is 0.264 e. The molecule has 1 atom stereocenters. The Morgan fingerprint density at radius 2 is 1.41 bits per heavy atom. The first-order valence-corrected chi connectivity index (χ1v) is 16.4. The zero-order valence-electron chi connectivity index (χ0n) is 25.8. The molecule has 0 aliphatic rings. The van der Waals surface area contributed by atoms with Gasteiger partial charge in [0.1, 0.15) is 12.6 Å². The van der Waals surface area contributed by atoms with Crippen LogP contribution >= 0.6 is 0 Å². The van der Waals surface area contributed by atoms with Gasteiger partial charge in [0.05, 0.1) is 10.6 Å². The van der Waals surface area contributed by atoms with Gasteiger partial charge in [-0.2, -0.15) is 0 Å². The van der Waals surface area contributed by atoms with E-state index in [9.17, 15) is 18.0 Å². The van der Waals surface area contributed by atoms with Crippen molar-refractivity contribution in [3.8, 4) is 0 Å². The smallest absolute Gasteiger partial charge is 0.264 e. The molecule has 4 aromatic carbocycles. The van der Waals surface area contributed by atoms with Crippen LogP contribution < -0.4 is 9.62 Å². The largest absolute Gasteiger partial charge is 0.355 e. The number of rotatable bonds is 13. The summed E-state index contributed by atoms with van der Waals surface area (Å²) in [4.78, 5) is 29.6. The molecule has 4 rings (SSSR count). The first-order chi connectivity index (χ1) is 21.1. The van der Waals surface area contributed by atoms with Gasteiger partial charge in [-0.1, -0.05) is 104 Å². The van der Waals surface area contributed by atoms with Crippen LogP contribution in [0.2, 0.25) is 0 Å². The summed E-state index contributed by atoms with van der Waals surface area (Å²) in [6, 6.07) is 31.8. The van der Waals surface area contributed by atoms with Crippen LogP contribution in [0.5, 0.6) is 0 Å². The van der Waals surface area contributed by atoms with Gasteiger partial charge in [0, 0.05) is 19.5 Å². The van der Waals surface area contributed by atoms with E-state index in [0.29, 0.717) is 12.2 Å². The molecule has 8 heteroatoms. The first kappa shape index (κ1) is 32.5. The molecule has 44 heavy (non-hydrogen) atoms. The summed E-state index contributed by atoms with van der Waals surface area (Å²) in [5.41, 5.74) is 4.19. The standard InChI is InChI=1S/C36H41N3O4S/c1-5-37-36(41)34(24-29-14-8-6-9-15-29)38(25-30-16-12-13-28(4)23-30)35(40)26-39(32-21-19-31(20-22-32)27(2)3)44(42,43)33-17-10-7-11-18-33/h6-23,27,34H,5,24-26H2,1-4H3,(H,37,41)/t34-/m1/s1. The number of carbonyl (C=O) groups is 2. The van der Waals surface area contributed by atoms with Gasteiger partial charge in [-0.05, 0) is 60.7 Å². The lowest BCUT2D eigenvalue weighted by Crippen LogP contribution is -2.53. The van der Waals surface area contributed by atoms with E-state index in [1.807, 2.05) is 80.6 Å². The van der Waals surface area contributed by atoms with Gasteiger partial charge in [-0.3, -0.25) is 13.9 Å². The van der Waals surface area contributed by atoms with E-state index in [1.165, 1.54) is 17.0 Å². The zero-order valence-corrected chi connectivity index (χ0v) is 26.6. The lowest BCUT2D eigenvalue weighted by molar-refractivity contribution is -0.140. The fourth-order valence-electron chi connectivity index (χ4n) is 5.13. The Morgan fingerprint density at radius 3 is 2.00 bits per heavy atom. The topological polar surface area (TPSA) is 86.8 Å². The third-order valence-corrected chi connectivity index (χ3v) is 9.30. The van der Waals surface area contributed by atoms with Gasteiger partial charge in [0.25, 0.3) is 10.0 Å². The van der Waals surface area contributed by atoms with Crippen LogP contribution in [0.15, 0.2) is 114 Å². The van der Waals surface area contributed by atoms with Crippen molar-refractivity contribution in [3.05, 3.63) is 131 Å². The molecule has 1 N–H and O–H groups in total. The molecule has 0 fully saturated rings. The minimum Gasteiger partial charge on any atom is -0.355 e. The lowest BCUT2D eigenvalue weighted by atomic mass is 10.0. The fraction of sp³-hybridized carbons (Fsp3) is 0.278. The Morgan fingerprint density at radius 1 is 0.795 bits per heavy atom. The molecule has 0 radical (unpaired) electrons. The van der Waals surface area contributed by atoms with Crippen molar-refractivity contribution in [2.45, 2.75) is 57.5 Å². The van der Waals surface area contributed by atoms with Gasteiger partial charge in [0.15, 0.2) is 0 Å². The Balaban J connectivity index is 1.79. The third-order valence-electron chi connectivity index (χ3n) is 7.52. The van der Waals surface area contributed by atoms with Crippen molar-refractivity contribution >= 4 is 27.5 Å². The van der Waals surface area contributed by atoms with Crippen molar-refractivity contribution in [3.63, 3.8) is 0 Å². The van der Waals surface area contributed by atoms with Crippen LogP contribution in [0, 0.1) is 6.92 Å². The number of hydrogen-bond donors (Lipinski definition) is 1. The third kappa shape index (κ3) is 8.14. The lowest BCUT2D eigenvalue weighted by Gasteiger charge is -2.34. The summed E-state index contributed by atoms with van der Waals surface area (Å²) in [7, 11) is -4.13. The highest BCUT2D eigenvalue weighted by molar-refractivity contribution is 7.92. The molecule has 0 aliphatic carbocycles.